The van der Waals surface area contributed by atoms with Gasteiger partial charge in [-0.1, -0.05) is 37.3 Å². The summed E-state index contributed by atoms with van der Waals surface area (Å²) in [6.07, 6.45) is 3.81. The Balaban J connectivity index is 1.71. The van der Waals surface area contributed by atoms with Crippen molar-refractivity contribution in [2.24, 2.45) is 0 Å². The van der Waals surface area contributed by atoms with Gasteiger partial charge in [-0.2, -0.15) is 0 Å². The molecule has 0 saturated heterocycles. The molecule has 1 unspecified atom stereocenters. The Kier molecular flexibility index (Phi) is 6.41. The van der Waals surface area contributed by atoms with Crippen LogP contribution in [0.25, 0.3) is 11.1 Å². The number of carbonyl (C=O) groups is 1. The average Bonchev–Trinajstić information content (AvgIpc) is 2.77. The summed E-state index contributed by atoms with van der Waals surface area (Å²) in [7, 11) is -1.35. The molecule has 3 aromatic rings. The Hall–Kier alpha value is -3.03. The van der Waals surface area contributed by atoms with Crippen molar-refractivity contribution in [1.82, 2.24) is 9.71 Å². The van der Waals surface area contributed by atoms with E-state index in [0.717, 1.165) is 22.4 Å². The van der Waals surface area contributed by atoms with E-state index in [4.69, 9.17) is 4.78 Å². The van der Waals surface area contributed by atoms with E-state index >= 15 is 0 Å². The van der Waals surface area contributed by atoms with Crippen LogP contribution in [0, 0.1) is 4.78 Å². The zero-order chi connectivity index (χ0) is 20.9. The Labute approximate surface area is 171 Å². The minimum absolute atomic E-state index is 0.0612. The highest BCUT2D eigenvalue weighted by atomic mass is 32.2. The first kappa shape index (κ1) is 20.7. The fraction of sp³-hybridized carbons (Fsp3) is 0.182. The second-order valence-electron chi connectivity index (χ2n) is 6.62. The SMILES string of the molecule is CCC(=O)N(C)c1ccc(-c2ccc(S(=N)(=O)NCc3cccnc3)cc2)cc1. The summed E-state index contributed by atoms with van der Waals surface area (Å²) in [5, 5.41) is 0. The maximum absolute atomic E-state index is 12.7. The van der Waals surface area contributed by atoms with Gasteiger partial charge < -0.3 is 4.90 Å². The number of carbonyl (C=O) groups excluding carboxylic acids is 1. The van der Waals surface area contributed by atoms with Crippen molar-refractivity contribution < 1.29 is 9.00 Å². The van der Waals surface area contributed by atoms with E-state index in [1.165, 1.54) is 0 Å². The number of benzene rings is 2. The molecular weight excluding hydrogens is 384 g/mol. The van der Waals surface area contributed by atoms with Gasteiger partial charge in [0.05, 0.1) is 4.90 Å². The maximum atomic E-state index is 12.7. The van der Waals surface area contributed by atoms with E-state index in [1.807, 2.05) is 49.4 Å². The molecule has 0 bridgehead atoms. The van der Waals surface area contributed by atoms with Gasteiger partial charge in [0, 0.05) is 38.1 Å². The molecule has 1 heterocycles. The van der Waals surface area contributed by atoms with Crippen LogP contribution >= 0.6 is 0 Å². The van der Waals surface area contributed by atoms with Crippen molar-refractivity contribution in [2.75, 3.05) is 11.9 Å². The molecular formula is C22H24N4O2S. The topological polar surface area (TPSA) is 86.2 Å². The van der Waals surface area contributed by atoms with Gasteiger partial charge in [-0.05, 0) is 47.0 Å². The first-order valence-electron chi connectivity index (χ1n) is 9.30. The van der Waals surface area contributed by atoms with E-state index in [-0.39, 0.29) is 5.91 Å². The molecule has 3 rings (SSSR count). The first-order chi connectivity index (χ1) is 13.9. The summed E-state index contributed by atoms with van der Waals surface area (Å²) in [4.78, 5) is 17.9. The van der Waals surface area contributed by atoms with Crippen molar-refractivity contribution in [3.8, 4) is 11.1 Å². The predicted octanol–water partition coefficient (Wildman–Crippen LogP) is 4.23. The summed E-state index contributed by atoms with van der Waals surface area (Å²) >= 11 is 0. The molecule has 2 aromatic carbocycles. The number of hydrogen-bond acceptors (Lipinski definition) is 4. The van der Waals surface area contributed by atoms with Crippen LogP contribution in [-0.2, 0) is 21.3 Å². The molecule has 0 spiro atoms. The van der Waals surface area contributed by atoms with E-state index < -0.39 is 9.92 Å². The third-order valence-corrected chi connectivity index (χ3v) is 6.14. The van der Waals surface area contributed by atoms with Crippen LogP contribution in [0.15, 0.2) is 78.0 Å². The highest BCUT2D eigenvalue weighted by Gasteiger charge is 2.11. The minimum Gasteiger partial charge on any atom is -0.316 e. The second-order valence-corrected chi connectivity index (χ2v) is 8.49. The standard InChI is InChI=1S/C22H24N4O2S/c1-3-22(27)26(2)20-10-6-18(7-11-20)19-8-12-21(13-9-19)29(23,28)25-16-17-5-4-14-24-15-17/h4-15H,3,16H2,1-2H3,(H2,23,25,28). The number of pyridine rings is 1. The van der Waals surface area contributed by atoms with Crippen molar-refractivity contribution in [2.45, 2.75) is 24.8 Å². The molecule has 6 nitrogen and oxygen atoms in total. The molecule has 2 N–H and O–H groups in total. The van der Waals surface area contributed by atoms with Crippen molar-refractivity contribution in [1.29, 1.82) is 4.78 Å². The summed E-state index contributed by atoms with van der Waals surface area (Å²) in [6.45, 7) is 2.15. The van der Waals surface area contributed by atoms with Gasteiger partial charge in [0.1, 0.15) is 9.92 Å². The van der Waals surface area contributed by atoms with Crippen LogP contribution in [0.2, 0.25) is 0 Å². The number of nitrogens with zero attached hydrogens (tertiary/aromatic N) is 2. The van der Waals surface area contributed by atoms with Gasteiger partial charge in [0.15, 0.2) is 0 Å². The largest absolute Gasteiger partial charge is 0.316 e. The molecule has 0 aliphatic rings. The van der Waals surface area contributed by atoms with Crippen molar-refractivity contribution in [3.05, 3.63) is 78.6 Å². The third-order valence-electron chi connectivity index (χ3n) is 4.65. The van der Waals surface area contributed by atoms with Gasteiger partial charge in [0.2, 0.25) is 5.91 Å². The fourth-order valence-electron chi connectivity index (χ4n) is 2.87. The summed E-state index contributed by atoms with van der Waals surface area (Å²) in [6, 6.07) is 18.5. The molecule has 0 saturated carbocycles. The van der Waals surface area contributed by atoms with Crippen LogP contribution in [0.4, 0.5) is 5.69 Å². The highest BCUT2D eigenvalue weighted by Crippen LogP contribution is 2.24. The molecule has 1 amide bonds. The Morgan fingerprint density at radius 1 is 1.07 bits per heavy atom. The van der Waals surface area contributed by atoms with E-state index in [9.17, 15) is 9.00 Å². The average molecular weight is 409 g/mol. The van der Waals surface area contributed by atoms with Gasteiger partial charge >= 0.3 is 0 Å². The lowest BCUT2D eigenvalue weighted by Gasteiger charge is -2.17. The summed E-state index contributed by atoms with van der Waals surface area (Å²) < 4.78 is 23.7. The van der Waals surface area contributed by atoms with Gasteiger partial charge in [-0.3, -0.25) is 9.78 Å². The van der Waals surface area contributed by atoms with Gasteiger partial charge in [-0.25, -0.2) is 13.7 Å². The van der Waals surface area contributed by atoms with Crippen LogP contribution in [0.5, 0.6) is 0 Å². The Morgan fingerprint density at radius 2 is 1.69 bits per heavy atom. The van der Waals surface area contributed by atoms with Gasteiger partial charge in [0.25, 0.3) is 0 Å². The number of aromatic nitrogens is 1. The Bertz CT molecular complexity index is 1060. The molecule has 0 radical (unpaired) electrons. The third kappa shape index (κ3) is 5.07. The number of rotatable bonds is 7. The fourth-order valence-corrected chi connectivity index (χ4v) is 3.92. The zero-order valence-corrected chi connectivity index (χ0v) is 17.3. The lowest BCUT2D eigenvalue weighted by atomic mass is 10.1. The minimum atomic E-state index is -3.11. The molecule has 29 heavy (non-hydrogen) atoms. The van der Waals surface area contributed by atoms with Crippen LogP contribution in [0.3, 0.4) is 0 Å². The lowest BCUT2D eigenvalue weighted by molar-refractivity contribution is -0.118. The number of amides is 1. The quantitative estimate of drug-likeness (QED) is 0.613. The lowest BCUT2D eigenvalue weighted by Crippen LogP contribution is -2.24. The number of nitrogens with one attached hydrogen (secondary N) is 2. The number of hydrogen-bond donors (Lipinski definition) is 2. The first-order valence-corrected chi connectivity index (χ1v) is 10.9. The maximum Gasteiger partial charge on any atom is 0.226 e. The highest BCUT2D eigenvalue weighted by molar-refractivity contribution is 7.90. The van der Waals surface area contributed by atoms with E-state index in [0.29, 0.717) is 17.9 Å². The van der Waals surface area contributed by atoms with Crippen LogP contribution in [0.1, 0.15) is 18.9 Å². The second kappa shape index (κ2) is 8.98. The normalized spacial score (nSPS) is 12.9. The van der Waals surface area contributed by atoms with Crippen LogP contribution < -0.4 is 9.62 Å². The molecule has 1 aromatic heterocycles. The Morgan fingerprint density at radius 3 is 2.24 bits per heavy atom. The smallest absolute Gasteiger partial charge is 0.226 e. The van der Waals surface area contributed by atoms with Crippen molar-refractivity contribution >= 4 is 21.5 Å². The van der Waals surface area contributed by atoms with Crippen molar-refractivity contribution in [3.63, 3.8) is 0 Å². The molecule has 1 atom stereocenters. The zero-order valence-electron chi connectivity index (χ0n) is 16.5. The van der Waals surface area contributed by atoms with E-state index in [2.05, 4.69) is 9.71 Å². The monoisotopic (exact) mass is 408 g/mol. The van der Waals surface area contributed by atoms with E-state index in [1.54, 1.807) is 42.5 Å². The molecule has 7 heteroatoms. The summed E-state index contributed by atoms with van der Waals surface area (Å²) in [5.74, 6) is 0.0612. The predicted molar refractivity (Wildman–Crippen MR) is 116 cm³/mol. The number of anilines is 1. The summed E-state index contributed by atoms with van der Waals surface area (Å²) in [5.41, 5.74) is 3.64. The molecule has 0 aliphatic heterocycles. The molecule has 150 valence electrons. The molecule has 0 aliphatic carbocycles. The molecule has 0 fully saturated rings. The van der Waals surface area contributed by atoms with Gasteiger partial charge in [-0.15, -0.1) is 0 Å². The van der Waals surface area contributed by atoms with Crippen LogP contribution in [-0.4, -0.2) is 22.1 Å².